The number of carbonyl (C=O) groups is 1. The number of esters is 1. The van der Waals surface area contributed by atoms with Crippen LogP contribution >= 0.6 is 23.4 Å². The molecule has 1 aromatic heterocycles. The average molecular weight is 319 g/mol. The van der Waals surface area contributed by atoms with E-state index in [0.29, 0.717) is 29.3 Å². The molecule has 1 saturated carbocycles. The molecule has 1 aliphatic rings. The maximum Gasteiger partial charge on any atom is 0.306 e. The first-order valence-electron chi connectivity index (χ1n) is 6.76. The third-order valence-electron chi connectivity index (χ3n) is 3.44. The molecule has 8 heteroatoms. The van der Waals surface area contributed by atoms with E-state index in [9.17, 15) is 4.79 Å². The Kier molecular flexibility index (Phi) is 6.09. The van der Waals surface area contributed by atoms with E-state index in [2.05, 4.69) is 20.3 Å². The molecule has 0 amide bonds. The Morgan fingerprint density at radius 2 is 2.20 bits per heavy atom. The Morgan fingerprint density at radius 3 is 2.90 bits per heavy atom. The van der Waals surface area contributed by atoms with Gasteiger partial charge in [-0.15, -0.1) is 16.7 Å². The monoisotopic (exact) mass is 318 g/mol. The van der Waals surface area contributed by atoms with Gasteiger partial charge < -0.3 is 4.74 Å². The van der Waals surface area contributed by atoms with Crippen LogP contribution in [0.1, 0.15) is 44.0 Å². The van der Waals surface area contributed by atoms with Crippen molar-refractivity contribution in [2.75, 3.05) is 12.9 Å². The second-order valence-corrected chi connectivity index (χ2v) is 6.55. The van der Waals surface area contributed by atoms with Gasteiger partial charge in [0.25, 0.3) is 0 Å². The van der Waals surface area contributed by atoms with E-state index < -0.39 is 0 Å². The number of nitrogens with zero attached hydrogens (tertiary/aromatic N) is 4. The summed E-state index contributed by atoms with van der Waals surface area (Å²) in [5.74, 6) is 2.12. The molecule has 0 atom stereocenters. The van der Waals surface area contributed by atoms with Crippen molar-refractivity contribution in [3.63, 3.8) is 0 Å². The molecule has 0 saturated heterocycles. The van der Waals surface area contributed by atoms with Crippen molar-refractivity contribution in [1.29, 1.82) is 0 Å². The number of thioether (sulfide) groups is 1. The Bertz CT molecular complexity index is 435. The Hall–Kier alpha value is -0.820. The molecule has 1 aliphatic carbocycles. The van der Waals surface area contributed by atoms with Crippen molar-refractivity contribution in [1.82, 2.24) is 20.2 Å². The summed E-state index contributed by atoms with van der Waals surface area (Å²) >= 11 is 7.76. The molecule has 0 radical (unpaired) electrons. The van der Waals surface area contributed by atoms with Gasteiger partial charge in [0.15, 0.2) is 5.82 Å². The van der Waals surface area contributed by atoms with E-state index in [1.165, 1.54) is 7.11 Å². The molecular weight excluding hydrogens is 300 g/mol. The molecule has 0 spiro atoms. The quantitative estimate of drug-likeness (QED) is 0.455. The fraction of sp³-hybridized carbons (Fsp3) is 0.833. The van der Waals surface area contributed by atoms with Gasteiger partial charge in [-0.2, -0.15) is 11.8 Å². The van der Waals surface area contributed by atoms with Crippen molar-refractivity contribution >= 4 is 29.3 Å². The van der Waals surface area contributed by atoms with Crippen LogP contribution in [0, 0.1) is 0 Å². The number of ether oxygens (including phenoxy) is 1. The van der Waals surface area contributed by atoms with Crippen molar-refractivity contribution in [2.45, 2.75) is 49.3 Å². The number of methoxy groups -OCH3 is 1. The maximum atomic E-state index is 11.0. The van der Waals surface area contributed by atoms with Gasteiger partial charge in [0.05, 0.1) is 25.3 Å². The lowest BCUT2D eigenvalue weighted by atomic mass is 9.95. The zero-order chi connectivity index (χ0) is 14.4. The third-order valence-corrected chi connectivity index (χ3v) is 4.83. The summed E-state index contributed by atoms with van der Waals surface area (Å²) in [7, 11) is 1.40. The van der Waals surface area contributed by atoms with Gasteiger partial charge in [-0.1, -0.05) is 0 Å². The van der Waals surface area contributed by atoms with Crippen molar-refractivity contribution in [3.8, 4) is 0 Å². The highest BCUT2D eigenvalue weighted by atomic mass is 35.5. The highest BCUT2D eigenvalue weighted by molar-refractivity contribution is 7.98. The van der Waals surface area contributed by atoms with Crippen LogP contribution in [0.25, 0.3) is 0 Å². The summed E-state index contributed by atoms with van der Waals surface area (Å²) in [5, 5.41) is 12.2. The minimum Gasteiger partial charge on any atom is -0.469 e. The second kappa shape index (κ2) is 7.83. The van der Waals surface area contributed by atoms with Crippen molar-refractivity contribution in [3.05, 3.63) is 5.82 Å². The van der Waals surface area contributed by atoms with E-state index in [4.69, 9.17) is 11.6 Å². The number of tetrazole rings is 1. The Morgan fingerprint density at radius 1 is 1.45 bits per heavy atom. The fourth-order valence-corrected chi connectivity index (χ4v) is 3.37. The minimum atomic E-state index is -0.183. The number of alkyl halides is 1. The predicted octanol–water partition coefficient (Wildman–Crippen LogP) is 2.19. The highest BCUT2D eigenvalue weighted by Gasteiger charge is 2.23. The zero-order valence-corrected chi connectivity index (χ0v) is 13.1. The van der Waals surface area contributed by atoms with Crippen molar-refractivity contribution in [2.24, 2.45) is 0 Å². The molecule has 1 heterocycles. The summed E-state index contributed by atoms with van der Waals surface area (Å²) in [6.45, 7) is 0. The summed E-state index contributed by atoms with van der Waals surface area (Å²) < 4.78 is 6.53. The standard InChI is InChI=1S/C12H19ClN4O2S/c1-19-12(18)6-7-20-8-11-14-15-16-17(11)10-4-2-9(13)3-5-10/h9-10H,2-8H2,1H3. The third kappa shape index (κ3) is 4.34. The van der Waals surface area contributed by atoms with E-state index in [1.807, 2.05) is 4.68 Å². The lowest BCUT2D eigenvalue weighted by molar-refractivity contribution is -0.140. The van der Waals surface area contributed by atoms with E-state index >= 15 is 0 Å². The Labute approximate surface area is 127 Å². The maximum absolute atomic E-state index is 11.0. The zero-order valence-electron chi connectivity index (χ0n) is 11.5. The summed E-state index contributed by atoms with van der Waals surface area (Å²) in [6, 6.07) is 0.358. The first kappa shape index (κ1) is 15.6. The van der Waals surface area contributed by atoms with Gasteiger partial charge in [-0.3, -0.25) is 4.79 Å². The number of hydrogen-bond donors (Lipinski definition) is 0. The number of aromatic nitrogens is 4. The van der Waals surface area contributed by atoms with Crippen LogP contribution < -0.4 is 0 Å². The van der Waals surface area contributed by atoms with E-state index in [-0.39, 0.29) is 5.97 Å². The highest BCUT2D eigenvalue weighted by Crippen LogP contribution is 2.31. The molecule has 0 bridgehead atoms. The van der Waals surface area contributed by atoms with Gasteiger partial charge in [0.1, 0.15) is 0 Å². The average Bonchev–Trinajstić information content (AvgIpc) is 2.92. The van der Waals surface area contributed by atoms with Gasteiger partial charge >= 0.3 is 5.97 Å². The summed E-state index contributed by atoms with van der Waals surface area (Å²) in [5.41, 5.74) is 0. The molecule has 112 valence electrons. The van der Waals surface area contributed by atoms with Gasteiger partial charge in [0, 0.05) is 11.1 Å². The van der Waals surface area contributed by atoms with E-state index in [1.54, 1.807) is 11.8 Å². The summed E-state index contributed by atoms with van der Waals surface area (Å²) in [6.07, 6.45) is 4.50. The van der Waals surface area contributed by atoms with Crippen LogP contribution in [0.4, 0.5) is 0 Å². The summed E-state index contributed by atoms with van der Waals surface area (Å²) in [4.78, 5) is 11.0. The smallest absolute Gasteiger partial charge is 0.306 e. The molecule has 2 rings (SSSR count). The first-order valence-corrected chi connectivity index (χ1v) is 8.35. The van der Waals surface area contributed by atoms with E-state index in [0.717, 1.165) is 31.5 Å². The van der Waals surface area contributed by atoms with Gasteiger partial charge in [0.2, 0.25) is 0 Å². The molecule has 20 heavy (non-hydrogen) atoms. The van der Waals surface area contributed by atoms with Crippen LogP contribution in [0.2, 0.25) is 0 Å². The predicted molar refractivity (Wildman–Crippen MR) is 77.8 cm³/mol. The number of halogens is 1. The number of carbonyl (C=O) groups excluding carboxylic acids is 1. The lowest BCUT2D eigenvalue weighted by Gasteiger charge is -2.25. The SMILES string of the molecule is COC(=O)CCSCc1nnnn1C1CCC(Cl)CC1. The second-order valence-electron chi connectivity index (χ2n) is 4.82. The molecule has 0 aromatic carbocycles. The van der Waals surface area contributed by atoms with Crippen LogP contribution in [0.5, 0.6) is 0 Å². The largest absolute Gasteiger partial charge is 0.469 e. The minimum absolute atomic E-state index is 0.183. The van der Waals surface area contributed by atoms with Gasteiger partial charge in [-0.05, 0) is 36.1 Å². The lowest BCUT2D eigenvalue weighted by Crippen LogP contribution is -2.21. The van der Waals surface area contributed by atoms with Crippen LogP contribution in [-0.4, -0.2) is 44.4 Å². The molecule has 0 aliphatic heterocycles. The van der Waals surface area contributed by atoms with Crippen LogP contribution in [0.3, 0.4) is 0 Å². The number of hydrogen-bond acceptors (Lipinski definition) is 6. The normalized spacial score (nSPS) is 22.7. The molecular formula is C12H19ClN4O2S. The van der Waals surface area contributed by atoms with Gasteiger partial charge in [-0.25, -0.2) is 4.68 Å². The van der Waals surface area contributed by atoms with Crippen LogP contribution in [-0.2, 0) is 15.3 Å². The van der Waals surface area contributed by atoms with Crippen molar-refractivity contribution < 1.29 is 9.53 Å². The van der Waals surface area contributed by atoms with Crippen LogP contribution in [0.15, 0.2) is 0 Å². The Balaban J connectivity index is 1.81. The topological polar surface area (TPSA) is 69.9 Å². The fourth-order valence-electron chi connectivity index (χ4n) is 2.29. The molecule has 1 aromatic rings. The molecule has 1 fully saturated rings. The molecule has 0 N–H and O–H groups in total. The molecule has 6 nitrogen and oxygen atoms in total. The molecule has 0 unspecified atom stereocenters. The number of rotatable bonds is 6. The first-order chi connectivity index (χ1) is 9.70.